The van der Waals surface area contributed by atoms with E-state index in [0.717, 1.165) is 6.54 Å². The van der Waals surface area contributed by atoms with Crippen LogP contribution in [0.2, 0.25) is 0 Å². The van der Waals surface area contributed by atoms with E-state index in [-0.39, 0.29) is 5.41 Å². The van der Waals surface area contributed by atoms with Crippen molar-refractivity contribution in [3.05, 3.63) is 35.4 Å². The van der Waals surface area contributed by atoms with Crippen molar-refractivity contribution in [1.82, 2.24) is 4.90 Å². The molecule has 0 radical (unpaired) electrons. The molecule has 94 valence electrons. The lowest BCUT2D eigenvalue weighted by Gasteiger charge is -2.26. The monoisotopic (exact) mass is 249 g/mol. The third kappa shape index (κ3) is 3.75. The normalized spacial score (nSPS) is 18.3. The van der Waals surface area contributed by atoms with Crippen molar-refractivity contribution in [2.75, 3.05) is 24.6 Å². The van der Waals surface area contributed by atoms with Crippen LogP contribution in [0.4, 0.5) is 0 Å². The van der Waals surface area contributed by atoms with Gasteiger partial charge in [-0.15, -0.1) is 0 Å². The smallest absolute Gasteiger partial charge is 0.0234 e. The molecule has 1 aliphatic heterocycles. The molecule has 0 unspecified atom stereocenters. The van der Waals surface area contributed by atoms with Crippen LogP contribution in [0.5, 0.6) is 0 Å². The Kier molecular flexibility index (Phi) is 4.16. The van der Waals surface area contributed by atoms with E-state index in [1.807, 2.05) is 0 Å². The second kappa shape index (κ2) is 5.45. The average Bonchev–Trinajstić information content (AvgIpc) is 2.30. The number of rotatable bonds is 2. The largest absolute Gasteiger partial charge is 0.297 e. The molecule has 1 aromatic carbocycles. The Balaban J connectivity index is 1.98. The van der Waals surface area contributed by atoms with E-state index in [0.29, 0.717) is 0 Å². The van der Waals surface area contributed by atoms with Crippen molar-refractivity contribution >= 4 is 11.8 Å². The van der Waals surface area contributed by atoms with Gasteiger partial charge < -0.3 is 0 Å². The minimum absolute atomic E-state index is 0.264. The number of thioether (sulfide) groups is 1. The van der Waals surface area contributed by atoms with Gasteiger partial charge in [0.25, 0.3) is 0 Å². The maximum atomic E-state index is 2.56. The highest BCUT2D eigenvalue weighted by Crippen LogP contribution is 2.22. The van der Waals surface area contributed by atoms with Gasteiger partial charge in [-0.1, -0.05) is 45.0 Å². The number of hydrogen-bond donors (Lipinski definition) is 0. The molecule has 1 heterocycles. The van der Waals surface area contributed by atoms with Crippen LogP contribution in [0.25, 0.3) is 0 Å². The molecular weight excluding hydrogens is 226 g/mol. The van der Waals surface area contributed by atoms with Gasteiger partial charge in [0.15, 0.2) is 0 Å². The fourth-order valence-corrected chi connectivity index (χ4v) is 3.11. The zero-order chi connectivity index (χ0) is 12.3. The lowest BCUT2D eigenvalue weighted by atomic mass is 9.87. The predicted molar refractivity (Wildman–Crippen MR) is 77.7 cm³/mol. The molecule has 0 atom stereocenters. The number of benzene rings is 1. The zero-order valence-electron chi connectivity index (χ0n) is 11.2. The third-order valence-corrected chi connectivity index (χ3v) is 4.27. The first-order valence-electron chi connectivity index (χ1n) is 6.45. The lowest BCUT2D eigenvalue weighted by molar-refractivity contribution is 0.294. The molecule has 0 aliphatic carbocycles. The van der Waals surface area contributed by atoms with Gasteiger partial charge in [-0.25, -0.2) is 0 Å². The second-order valence-electron chi connectivity index (χ2n) is 5.84. The highest BCUT2D eigenvalue weighted by atomic mass is 32.2. The summed E-state index contributed by atoms with van der Waals surface area (Å²) in [5.41, 5.74) is 3.14. The van der Waals surface area contributed by atoms with Crippen molar-refractivity contribution < 1.29 is 0 Å². The Hall–Kier alpha value is -0.470. The van der Waals surface area contributed by atoms with Gasteiger partial charge in [-0.2, -0.15) is 11.8 Å². The molecule has 1 fully saturated rings. The zero-order valence-corrected chi connectivity index (χ0v) is 12.0. The minimum Gasteiger partial charge on any atom is -0.297 e. The summed E-state index contributed by atoms with van der Waals surface area (Å²) in [6.45, 7) is 10.4. The third-order valence-electron chi connectivity index (χ3n) is 3.33. The topological polar surface area (TPSA) is 3.24 Å². The Morgan fingerprint density at radius 3 is 2.18 bits per heavy atom. The molecule has 1 aliphatic rings. The summed E-state index contributed by atoms with van der Waals surface area (Å²) in [5.74, 6) is 2.58. The molecule has 0 N–H and O–H groups in total. The first kappa shape index (κ1) is 13.0. The fraction of sp³-hybridized carbons (Fsp3) is 0.600. The van der Waals surface area contributed by atoms with E-state index >= 15 is 0 Å². The first-order valence-corrected chi connectivity index (χ1v) is 7.61. The summed E-state index contributed by atoms with van der Waals surface area (Å²) >= 11 is 2.07. The maximum absolute atomic E-state index is 2.56. The predicted octanol–water partition coefficient (Wildman–Crippen LogP) is 3.53. The highest BCUT2D eigenvalue weighted by molar-refractivity contribution is 7.99. The van der Waals surface area contributed by atoms with Crippen molar-refractivity contribution in [3.8, 4) is 0 Å². The molecule has 1 nitrogen and oxygen atoms in total. The average molecular weight is 249 g/mol. The Morgan fingerprint density at radius 2 is 1.65 bits per heavy atom. The highest BCUT2D eigenvalue weighted by Gasteiger charge is 2.14. The van der Waals surface area contributed by atoms with Crippen LogP contribution in [-0.2, 0) is 12.0 Å². The van der Waals surface area contributed by atoms with Crippen LogP contribution in [0.3, 0.4) is 0 Å². The molecular formula is C15H23NS. The molecule has 1 saturated heterocycles. The van der Waals surface area contributed by atoms with Gasteiger partial charge in [0.05, 0.1) is 0 Å². The Labute approximate surface area is 110 Å². The summed E-state index contributed by atoms with van der Waals surface area (Å²) in [6, 6.07) is 9.16. The van der Waals surface area contributed by atoms with Crippen LogP contribution in [0.15, 0.2) is 24.3 Å². The van der Waals surface area contributed by atoms with Crippen molar-refractivity contribution in [3.63, 3.8) is 0 Å². The van der Waals surface area contributed by atoms with E-state index in [1.165, 1.54) is 35.7 Å². The maximum Gasteiger partial charge on any atom is 0.0234 e. The van der Waals surface area contributed by atoms with Gasteiger partial charge in [0, 0.05) is 31.1 Å². The Morgan fingerprint density at radius 1 is 1.06 bits per heavy atom. The molecule has 2 heteroatoms. The minimum atomic E-state index is 0.264. The standard InChI is InChI=1S/C15H23NS/c1-15(2,3)14-6-4-13(5-7-14)12-16-8-10-17-11-9-16/h4-7H,8-12H2,1-3H3. The van der Waals surface area contributed by atoms with Gasteiger partial charge in [-0.05, 0) is 16.5 Å². The molecule has 0 spiro atoms. The van der Waals surface area contributed by atoms with Crippen molar-refractivity contribution in [2.45, 2.75) is 32.7 Å². The molecule has 17 heavy (non-hydrogen) atoms. The first-order chi connectivity index (χ1) is 8.05. The quantitative estimate of drug-likeness (QED) is 0.789. The van der Waals surface area contributed by atoms with Crippen LogP contribution < -0.4 is 0 Å². The summed E-state index contributed by atoms with van der Waals surface area (Å²) in [6.07, 6.45) is 0. The summed E-state index contributed by atoms with van der Waals surface area (Å²) < 4.78 is 0. The van der Waals surface area contributed by atoms with E-state index in [1.54, 1.807) is 0 Å². The summed E-state index contributed by atoms with van der Waals surface area (Å²) in [4.78, 5) is 2.56. The molecule has 1 aromatic rings. The second-order valence-corrected chi connectivity index (χ2v) is 7.06. The lowest BCUT2D eigenvalue weighted by Crippen LogP contribution is -2.31. The summed E-state index contributed by atoms with van der Waals surface area (Å²) in [5, 5.41) is 0. The van der Waals surface area contributed by atoms with E-state index in [4.69, 9.17) is 0 Å². The molecule has 0 amide bonds. The fourth-order valence-electron chi connectivity index (χ4n) is 2.13. The van der Waals surface area contributed by atoms with Crippen LogP contribution in [0, 0.1) is 0 Å². The van der Waals surface area contributed by atoms with E-state index in [2.05, 4.69) is 61.7 Å². The Bertz CT molecular complexity index is 344. The number of hydrogen-bond acceptors (Lipinski definition) is 2. The summed E-state index contributed by atoms with van der Waals surface area (Å²) in [7, 11) is 0. The molecule has 0 aromatic heterocycles. The van der Waals surface area contributed by atoms with Crippen LogP contribution >= 0.6 is 11.8 Å². The molecule has 0 bridgehead atoms. The SMILES string of the molecule is CC(C)(C)c1ccc(CN2CCSCC2)cc1. The molecule has 2 rings (SSSR count). The van der Waals surface area contributed by atoms with Crippen LogP contribution in [0.1, 0.15) is 31.9 Å². The van der Waals surface area contributed by atoms with Gasteiger partial charge in [0.2, 0.25) is 0 Å². The molecule has 0 saturated carbocycles. The van der Waals surface area contributed by atoms with Crippen molar-refractivity contribution in [1.29, 1.82) is 0 Å². The van der Waals surface area contributed by atoms with Gasteiger partial charge in [-0.3, -0.25) is 4.90 Å². The van der Waals surface area contributed by atoms with Gasteiger partial charge in [0.1, 0.15) is 0 Å². The van der Waals surface area contributed by atoms with E-state index in [9.17, 15) is 0 Å². The van der Waals surface area contributed by atoms with E-state index < -0.39 is 0 Å². The number of nitrogens with zero attached hydrogens (tertiary/aromatic N) is 1. The van der Waals surface area contributed by atoms with Gasteiger partial charge >= 0.3 is 0 Å². The van der Waals surface area contributed by atoms with Crippen molar-refractivity contribution in [2.24, 2.45) is 0 Å². The van der Waals surface area contributed by atoms with Crippen LogP contribution in [-0.4, -0.2) is 29.5 Å².